The molecule has 1 aromatic heterocycles. The Bertz CT molecular complexity index is 616. The topological polar surface area (TPSA) is 85.3 Å². The van der Waals surface area contributed by atoms with Gasteiger partial charge in [-0.2, -0.15) is 0 Å². The Kier molecular flexibility index (Phi) is 4.84. The highest BCUT2D eigenvalue weighted by molar-refractivity contribution is 5.49. The second-order valence-electron chi connectivity index (χ2n) is 4.78. The smallest absolute Gasteiger partial charge is 0.290 e. The predicted molar refractivity (Wildman–Crippen MR) is 82.2 cm³/mol. The molecule has 0 amide bonds. The van der Waals surface area contributed by atoms with Gasteiger partial charge in [-0.1, -0.05) is 30.3 Å². The minimum atomic E-state index is -0.420. The van der Waals surface area contributed by atoms with Crippen molar-refractivity contribution in [3.8, 4) is 0 Å². The number of nitrogens with two attached hydrogens (primary N) is 1. The summed E-state index contributed by atoms with van der Waals surface area (Å²) in [6, 6.07) is 11.7. The van der Waals surface area contributed by atoms with Gasteiger partial charge in [-0.25, -0.2) is 4.98 Å². The molecule has 1 heterocycles. The van der Waals surface area contributed by atoms with Crippen LogP contribution in [0.3, 0.4) is 0 Å². The number of pyridine rings is 1. The number of hydrogen-bond donors (Lipinski definition) is 1. The van der Waals surface area contributed by atoms with Gasteiger partial charge in [0.15, 0.2) is 0 Å². The van der Waals surface area contributed by atoms with Crippen LogP contribution in [-0.2, 0) is 6.54 Å². The molecule has 0 spiro atoms. The SMILES string of the molecule is Cc1cc(N(CCN)Cc2ccccc2)ncc1[N+](=O)[O-]. The summed E-state index contributed by atoms with van der Waals surface area (Å²) >= 11 is 0. The molecular formula is C15H18N4O2. The molecule has 0 atom stereocenters. The van der Waals surface area contributed by atoms with Crippen molar-refractivity contribution in [1.29, 1.82) is 0 Å². The molecule has 21 heavy (non-hydrogen) atoms. The summed E-state index contributed by atoms with van der Waals surface area (Å²) in [4.78, 5) is 16.7. The van der Waals surface area contributed by atoms with E-state index in [1.165, 1.54) is 6.20 Å². The van der Waals surface area contributed by atoms with Gasteiger partial charge in [0, 0.05) is 25.2 Å². The molecule has 6 nitrogen and oxygen atoms in total. The molecule has 0 fully saturated rings. The molecule has 110 valence electrons. The highest BCUT2D eigenvalue weighted by atomic mass is 16.6. The van der Waals surface area contributed by atoms with Crippen molar-refractivity contribution in [3.05, 3.63) is 63.8 Å². The van der Waals surface area contributed by atoms with Gasteiger partial charge in [0.1, 0.15) is 12.0 Å². The van der Waals surface area contributed by atoms with E-state index in [4.69, 9.17) is 5.73 Å². The largest absolute Gasteiger partial charge is 0.351 e. The molecule has 0 bridgehead atoms. The first-order chi connectivity index (χ1) is 10.1. The normalized spacial score (nSPS) is 10.4. The van der Waals surface area contributed by atoms with Gasteiger partial charge < -0.3 is 10.6 Å². The number of rotatable bonds is 6. The Balaban J connectivity index is 2.26. The maximum absolute atomic E-state index is 10.9. The van der Waals surface area contributed by atoms with E-state index in [9.17, 15) is 10.1 Å². The Hall–Kier alpha value is -2.47. The lowest BCUT2D eigenvalue weighted by molar-refractivity contribution is -0.385. The van der Waals surface area contributed by atoms with Gasteiger partial charge in [0.25, 0.3) is 5.69 Å². The lowest BCUT2D eigenvalue weighted by Gasteiger charge is -2.23. The molecule has 0 saturated carbocycles. The van der Waals surface area contributed by atoms with Crippen LogP contribution in [0.4, 0.5) is 11.5 Å². The molecule has 6 heteroatoms. The number of nitrogens with zero attached hydrogens (tertiary/aromatic N) is 3. The van der Waals surface area contributed by atoms with Gasteiger partial charge in [-0.15, -0.1) is 0 Å². The van der Waals surface area contributed by atoms with Gasteiger partial charge in [0.2, 0.25) is 0 Å². The van der Waals surface area contributed by atoms with Crippen LogP contribution in [0, 0.1) is 17.0 Å². The summed E-state index contributed by atoms with van der Waals surface area (Å²) in [7, 11) is 0. The van der Waals surface area contributed by atoms with Crippen molar-refractivity contribution in [1.82, 2.24) is 4.98 Å². The van der Waals surface area contributed by atoms with Crippen LogP contribution in [0.2, 0.25) is 0 Å². The van der Waals surface area contributed by atoms with E-state index in [2.05, 4.69) is 4.98 Å². The zero-order valence-electron chi connectivity index (χ0n) is 11.9. The van der Waals surface area contributed by atoms with Crippen LogP contribution in [0.15, 0.2) is 42.6 Å². The van der Waals surface area contributed by atoms with Gasteiger partial charge >= 0.3 is 0 Å². The van der Waals surface area contributed by atoms with Crippen LogP contribution in [-0.4, -0.2) is 23.0 Å². The summed E-state index contributed by atoms with van der Waals surface area (Å²) in [5.74, 6) is 0.701. The molecule has 2 aromatic rings. The van der Waals surface area contributed by atoms with Crippen LogP contribution < -0.4 is 10.6 Å². The van der Waals surface area contributed by atoms with Crippen molar-refractivity contribution in [2.24, 2.45) is 5.73 Å². The lowest BCUT2D eigenvalue weighted by Crippen LogP contribution is -2.29. The second-order valence-corrected chi connectivity index (χ2v) is 4.78. The van der Waals surface area contributed by atoms with Crippen molar-refractivity contribution >= 4 is 11.5 Å². The van der Waals surface area contributed by atoms with Crippen molar-refractivity contribution in [2.45, 2.75) is 13.5 Å². The van der Waals surface area contributed by atoms with Crippen molar-refractivity contribution < 1.29 is 4.92 Å². The molecule has 0 aliphatic carbocycles. The van der Waals surface area contributed by atoms with E-state index < -0.39 is 4.92 Å². The molecule has 1 aromatic carbocycles. The summed E-state index contributed by atoms with van der Waals surface area (Å²) in [5, 5.41) is 10.9. The summed E-state index contributed by atoms with van der Waals surface area (Å²) < 4.78 is 0. The van der Waals surface area contributed by atoms with E-state index in [-0.39, 0.29) is 5.69 Å². The third kappa shape index (κ3) is 3.76. The van der Waals surface area contributed by atoms with E-state index in [0.717, 1.165) is 5.56 Å². The first-order valence-corrected chi connectivity index (χ1v) is 6.72. The maximum atomic E-state index is 10.9. The monoisotopic (exact) mass is 286 g/mol. The Labute approximate surface area is 123 Å². The first-order valence-electron chi connectivity index (χ1n) is 6.72. The Morgan fingerprint density at radius 2 is 2.05 bits per heavy atom. The second kappa shape index (κ2) is 6.81. The average molecular weight is 286 g/mol. The van der Waals surface area contributed by atoms with Gasteiger partial charge in [-0.05, 0) is 18.6 Å². The molecule has 0 unspecified atom stereocenters. The molecule has 2 N–H and O–H groups in total. The Morgan fingerprint density at radius 1 is 1.33 bits per heavy atom. The molecule has 0 aliphatic rings. The van der Waals surface area contributed by atoms with E-state index in [0.29, 0.717) is 31.0 Å². The summed E-state index contributed by atoms with van der Waals surface area (Å²) in [6.45, 7) is 3.51. The summed E-state index contributed by atoms with van der Waals surface area (Å²) in [5.41, 5.74) is 7.43. The molecule has 0 saturated heterocycles. The minimum Gasteiger partial charge on any atom is -0.351 e. The molecule has 0 aliphatic heterocycles. The number of hydrogen-bond acceptors (Lipinski definition) is 5. The standard InChI is InChI=1S/C15H18N4O2/c1-12-9-15(17-10-14(12)19(20)21)18(8-7-16)11-13-5-3-2-4-6-13/h2-6,9-10H,7-8,11,16H2,1H3. The molecular weight excluding hydrogens is 268 g/mol. The highest BCUT2D eigenvalue weighted by Crippen LogP contribution is 2.22. The number of benzene rings is 1. The van der Waals surface area contributed by atoms with E-state index >= 15 is 0 Å². The van der Waals surface area contributed by atoms with Gasteiger partial charge in [0.05, 0.1) is 4.92 Å². The molecule has 2 rings (SSSR count). The van der Waals surface area contributed by atoms with Crippen molar-refractivity contribution in [3.63, 3.8) is 0 Å². The first kappa shape index (κ1) is 14.9. The zero-order valence-corrected chi connectivity index (χ0v) is 11.9. The fourth-order valence-electron chi connectivity index (χ4n) is 2.13. The quantitative estimate of drug-likeness (QED) is 0.650. The Morgan fingerprint density at radius 3 is 2.62 bits per heavy atom. The van der Waals surface area contributed by atoms with Crippen LogP contribution in [0.5, 0.6) is 0 Å². The summed E-state index contributed by atoms with van der Waals surface area (Å²) in [6.07, 6.45) is 1.30. The highest BCUT2D eigenvalue weighted by Gasteiger charge is 2.15. The van der Waals surface area contributed by atoms with E-state index in [1.807, 2.05) is 35.2 Å². The minimum absolute atomic E-state index is 0.0335. The van der Waals surface area contributed by atoms with Gasteiger partial charge in [-0.3, -0.25) is 10.1 Å². The maximum Gasteiger partial charge on any atom is 0.290 e. The number of nitro groups is 1. The fraction of sp³-hybridized carbons (Fsp3) is 0.267. The van der Waals surface area contributed by atoms with Crippen LogP contribution in [0.1, 0.15) is 11.1 Å². The van der Waals surface area contributed by atoms with E-state index in [1.54, 1.807) is 13.0 Å². The third-order valence-electron chi connectivity index (χ3n) is 3.20. The number of aromatic nitrogens is 1. The average Bonchev–Trinajstić information content (AvgIpc) is 2.47. The zero-order chi connectivity index (χ0) is 15.2. The fourth-order valence-corrected chi connectivity index (χ4v) is 2.13. The predicted octanol–water partition coefficient (Wildman–Crippen LogP) is 2.26. The number of aryl methyl sites for hydroxylation is 1. The van der Waals surface area contributed by atoms with Crippen LogP contribution in [0.25, 0.3) is 0 Å². The van der Waals surface area contributed by atoms with Crippen molar-refractivity contribution in [2.75, 3.05) is 18.0 Å². The van der Waals surface area contributed by atoms with Crippen LogP contribution >= 0.6 is 0 Å². The number of anilines is 1. The molecule has 0 radical (unpaired) electrons. The third-order valence-corrected chi connectivity index (χ3v) is 3.20. The lowest BCUT2D eigenvalue weighted by atomic mass is 10.2.